The van der Waals surface area contributed by atoms with Crippen molar-refractivity contribution in [3.8, 4) is 11.1 Å². The fourth-order valence-corrected chi connectivity index (χ4v) is 3.30. The van der Waals surface area contributed by atoms with Crippen molar-refractivity contribution in [3.05, 3.63) is 71.2 Å². The maximum absolute atomic E-state index is 3.66. The molecule has 0 radical (unpaired) electrons. The van der Waals surface area contributed by atoms with E-state index in [9.17, 15) is 0 Å². The van der Waals surface area contributed by atoms with Gasteiger partial charge in [0.25, 0.3) is 0 Å². The number of hydrogen-bond donors (Lipinski definition) is 1. The van der Waals surface area contributed by atoms with E-state index in [1.807, 2.05) is 6.07 Å². The second-order valence-corrected chi connectivity index (χ2v) is 5.73. The molecular weight excluding hydrogens is 310 g/mol. The van der Waals surface area contributed by atoms with E-state index >= 15 is 0 Å². The van der Waals surface area contributed by atoms with Gasteiger partial charge in [0.15, 0.2) is 0 Å². The minimum atomic E-state index is 1.12. The molecule has 4 aromatic rings. The molecule has 3 aromatic carbocycles. The summed E-state index contributed by atoms with van der Waals surface area (Å²) in [6, 6.07) is 23.2. The van der Waals surface area contributed by atoms with E-state index in [4.69, 9.17) is 0 Å². The summed E-state index contributed by atoms with van der Waals surface area (Å²) >= 11 is 3.66. The summed E-state index contributed by atoms with van der Waals surface area (Å²) in [5, 5.41) is 2.56. The number of aromatic amines is 1. The molecule has 0 atom stereocenters. The van der Waals surface area contributed by atoms with E-state index in [1.54, 1.807) is 0 Å². The SMILES string of the molecule is Brc1ccccc1-c1cccc2[nH]c3ccccc3c12. The Bertz CT molecular complexity index is 921. The first-order valence-electron chi connectivity index (χ1n) is 6.59. The Morgan fingerprint density at radius 1 is 0.650 bits per heavy atom. The summed E-state index contributed by atoms with van der Waals surface area (Å²) in [5.74, 6) is 0. The largest absolute Gasteiger partial charge is 0.354 e. The molecular formula is C18H12BrN. The van der Waals surface area contributed by atoms with Crippen molar-refractivity contribution in [1.82, 2.24) is 4.98 Å². The minimum absolute atomic E-state index is 1.12. The van der Waals surface area contributed by atoms with Crippen molar-refractivity contribution in [1.29, 1.82) is 0 Å². The van der Waals surface area contributed by atoms with Crippen molar-refractivity contribution in [2.45, 2.75) is 0 Å². The number of H-pyrrole nitrogens is 1. The Hall–Kier alpha value is -2.06. The number of hydrogen-bond acceptors (Lipinski definition) is 0. The van der Waals surface area contributed by atoms with Crippen LogP contribution in [0, 0.1) is 0 Å². The van der Waals surface area contributed by atoms with Gasteiger partial charge in [-0.05, 0) is 29.3 Å². The zero-order valence-corrected chi connectivity index (χ0v) is 12.3. The van der Waals surface area contributed by atoms with Gasteiger partial charge >= 0.3 is 0 Å². The zero-order chi connectivity index (χ0) is 13.5. The lowest BCUT2D eigenvalue weighted by molar-refractivity contribution is 1.54. The van der Waals surface area contributed by atoms with Crippen LogP contribution in [0.2, 0.25) is 0 Å². The van der Waals surface area contributed by atoms with Crippen LogP contribution in [-0.4, -0.2) is 4.98 Å². The molecule has 96 valence electrons. The predicted octanol–water partition coefficient (Wildman–Crippen LogP) is 5.75. The number of rotatable bonds is 1. The maximum Gasteiger partial charge on any atom is 0.0471 e. The molecule has 0 bridgehead atoms. The quantitative estimate of drug-likeness (QED) is 0.459. The zero-order valence-electron chi connectivity index (χ0n) is 10.7. The van der Waals surface area contributed by atoms with Crippen molar-refractivity contribution >= 4 is 37.7 Å². The number of benzene rings is 3. The number of aromatic nitrogens is 1. The molecule has 0 aliphatic rings. The van der Waals surface area contributed by atoms with Crippen LogP contribution in [-0.2, 0) is 0 Å². The summed E-state index contributed by atoms with van der Waals surface area (Å²) in [6.07, 6.45) is 0. The molecule has 0 spiro atoms. The van der Waals surface area contributed by atoms with E-state index < -0.39 is 0 Å². The van der Waals surface area contributed by atoms with Crippen LogP contribution in [0.4, 0.5) is 0 Å². The molecule has 1 aromatic heterocycles. The number of halogens is 1. The first-order valence-corrected chi connectivity index (χ1v) is 7.38. The van der Waals surface area contributed by atoms with Crippen LogP contribution in [0.5, 0.6) is 0 Å². The Balaban J connectivity index is 2.17. The molecule has 1 nitrogen and oxygen atoms in total. The smallest absolute Gasteiger partial charge is 0.0471 e. The van der Waals surface area contributed by atoms with Gasteiger partial charge < -0.3 is 4.98 Å². The van der Waals surface area contributed by atoms with Gasteiger partial charge in [0.2, 0.25) is 0 Å². The molecule has 1 N–H and O–H groups in total. The second kappa shape index (κ2) is 4.50. The van der Waals surface area contributed by atoms with Crippen molar-refractivity contribution in [3.63, 3.8) is 0 Å². The third-order valence-electron chi connectivity index (χ3n) is 3.69. The summed E-state index contributed by atoms with van der Waals surface area (Å²) in [5.41, 5.74) is 4.84. The molecule has 0 aliphatic carbocycles. The van der Waals surface area contributed by atoms with Crippen molar-refractivity contribution in [2.24, 2.45) is 0 Å². The van der Waals surface area contributed by atoms with E-state index in [2.05, 4.69) is 81.6 Å². The lowest BCUT2D eigenvalue weighted by Gasteiger charge is -2.06. The van der Waals surface area contributed by atoms with E-state index in [-0.39, 0.29) is 0 Å². The minimum Gasteiger partial charge on any atom is -0.354 e. The number of nitrogens with one attached hydrogen (secondary N) is 1. The molecule has 0 amide bonds. The third-order valence-corrected chi connectivity index (χ3v) is 4.39. The number of fused-ring (bicyclic) bond motifs is 3. The Labute approximate surface area is 125 Å². The highest BCUT2D eigenvalue weighted by Crippen LogP contribution is 2.37. The fraction of sp³-hybridized carbons (Fsp3) is 0. The van der Waals surface area contributed by atoms with E-state index in [0.717, 1.165) is 4.47 Å². The van der Waals surface area contributed by atoms with Gasteiger partial charge in [-0.1, -0.05) is 64.5 Å². The van der Waals surface area contributed by atoms with Crippen molar-refractivity contribution in [2.75, 3.05) is 0 Å². The van der Waals surface area contributed by atoms with Gasteiger partial charge in [-0.25, -0.2) is 0 Å². The van der Waals surface area contributed by atoms with Crippen LogP contribution >= 0.6 is 15.9 Å². The summed E-state index contributed by atoms with van der Waals surface area (Å²) in [4.78, 5) is 3.49. The van der Waals surface area contributed by atoms with Gasteiger partial charge in [-0.3, -0.25) is 0 Å². The monoisotopic (exact) mass is 321 g/mol. The molecule has 0 saturated carbocycles. The lowest BCUT2D eigenvalue weighted by Crippen LogP contribution is -1.81. The maximum atomic E-state index is 3.66. The first kappa shape index (κ1) is 11.7. The van der Waals surface area contributed by atoms with Crippen LogP contribution in [0.1, 0.15) is 0 Å². The number of para-hydroxylation sites is 1. The third kappa shape index (κ3) is 1.69. The van der Waals surface area contributed by atoms with Crippen molar-refractivity contribution < 1.29 is 0 Å². The standard InChI is InChI=1S/C18H12BrN/c19-15-9-3-1-6-12(15)13-8-5-11-17-18(13)14-7-2-4-10-16(14)20-17/h1-11,20H. The average Bonchev–Trinajstić information content (AvgIpc) is 2.86. The summed E-state index contributed by atoms with van der Waals surface area (Å²) in [7, 11) is 0. The van der Waals surface area contributed by atoms with Crippen LogP contribution in [0.3, 0.4) is 0 Å². The van der Waals surface area contributed by atoms with E-state index in [0.29, 0.717) is 0 Å². The van der Waals surface area contributed by atoms with Gasteiger partial charge in [-0.2, -0.15) is 0 Å². The molecule has 1 heterocycles. The molecule has 0 fully saturated rings. The Morgan fingerprint density at radius 3 is 2.25 bits per heavy atom. The highest BCUT2D eigenvalue weighted by atomic mass is 79.9. The van der Waals surface area contributed by atoms with E-state index in [1.165, 1.54) is 32.9 Å². The molecule has 20 heavy (non-hydrogen) atoms. The molecule has 2 heteroatoms. The summed E-state index contributed by atoms with van der Waals surface area (Å²) < 4.78 is 1.12. The highest BCUT2D eigenvalue weighted by Gasteiger charge is 2.11. The lowest BCUT2D eigenvalue weighted by atomic mass is 9.99. The highest BCUT2D eigenvalue weighted by molar-refractivity contribution is 9.10. The van der Waals surface area contributed by atoms with Crippen LogP contribution in [0.15, 0.2) is 71.2 Å². The van der Waals surface area contributed by atoms with Gasteiger partial charge in [-0.15, -0.1) is 0 Å². The molecule has 0 unspecified atom stereocenters. The van der Waals surface area contributed by atoms with Gasteiger partial charge in [0.1, 0.15) is 0 Å². The van der Waals surface area contributed by atoms with Crippen LogP contribution in [0.25, 0.3) is 32.9 Å². The first-order chi connectivity index (χ1) is 9.84. The fourth-order valence-electron chi connectivity index (χ4n) is 2.81. The van der Waals surface area contributed by atoms with Gasteiger partial charge in [0.05, 0.1) is 0 Å². The topological polar surface area (TPSA) is 15.8 Å². The molecule has 4 rings (SSSR count). The second-order valence-electron chi connectivity index (χ2n) is 4.88. The Morgan fingerprint density at radius 2 is 1.35 bits per heavy atom. The predicted molar refractivity (Wildman–Crippen MR) is 88.9 cm³/mol. The normalized spacial score (nSPS) is 11.2. The van der Waals surface area contributed by atoms with Crippen LogP contribution < -0.4 is 0 Å². The average molecular weight is 322 g/mol. The Kier molecular flexibility index (Phi) is 2.64. The molecule has 0 aliphatic heterocycles. The summed E-state index contributed by atoms with van der Waals surface area (Å²) in [6.45, 7) is 0. The van der Waals surface area contributed by atoms with Gasteiger partial charge in [0, 0.05) is 26.3 Å². The molecule has 0 saturated heterocycles.